The minimum absolute atomic E-state index is 0.163. The third-order valence-electron chi connectivity index (χ3n) is 1.81. The molecule has 1 aromatic rings. The largest absolute Gasteiger partial charge is 0.478 e. The summed E-state index contributed by atoms with van der Waals surface area (Å²) in [6, 6.07) is 1.48. The zero-order valence-electron chi connectivity index (χ0n) is 8.17. The Hall–Kier alpha value is -2.11. The average molecular weight is 209 g/mol. The van der Waals surface area contributed by atoms with Crippen molar-refractivity contribution in [3.05, 3.63) is 29.6 Å². The molecule has 0 spiro atoms. The molecule has 0 radical (unpaired) electrons. The number of carbonyl (C=O) groups excluding carboxylic acids is 1. The third kappa shape index (κ3) is 2.94. The highest BCUT2D eigenvalue weighted by Gasteiger charge is 2.04. The molecule has 1 heterocycles. The lowest BCUT2D eigenvalue weighted by Crippen LogP contribution is -2.12. The van der Waals surface area contributed by atoms with E-state index in [1.165, 1.54) is 23.7 Å². The number of nitrogens with two attached hydrogens (primary N) is 1. The van der Waals surface area contributed by atoms with Crippen LogP contribution in [0, 0.1) is 0 Å². The summed E-state index contributed by atoms with van der Waals surface area (Å²) in [5.41, 5.74) is 5.40. The summed E-state index contributed by atoms with van der Waals surface area (Å²) in [5.74, 6) is -1.58. The van der Waals surface area contributed by atoms with Gasteiger partial charge in [-0.05, 0) is 13.0 Å². The van der Waals surface area contributed by atoms with Gasteiger partial charge in [0.05, 0.1) is 6.54 Å². The van der Waals surface area contributed by atoms with Gasteiger partial charge in [0, 0.05) is 11.8 Å². The topological polar surface area (TPSA) is 98.2 Å². The van der Waals surface area contributed by atoms with Crippen molar-refractivity contribution in [1.82, 2.24) is 9.78 Å². The van der Waals surface area contributed by atoms with Crippen LogP contribution in [0.5, 0.6) is 0 Å². The summed E-state index contributed by atoms with van der Waals surface area (Å²) in [5, 5.41) is 12.4. The van der Waals surface area contributed by atoms with Gasteiger partial charge >= 0.3 is 5.97 Å². The number of carboxylic acids is 1. The molecule has 0 aliphatic carbocycles. The van der Waals surface area contributed by atoms with Gasteiger partial charge in [-0.1, -0.05) is 6.08 Å². The van der Waals surface area contributed by atoms with Crippen LogP contribution in [-0.4, -0.2) is 26.8 Å². The van der Waals surface area contributed by atoms with Gasteiger partial charge in [-0.3, -0.25) is 9.48 Å². The maximum atomic E-state index is 10.7. The Balaban J connectivity index is 2.70. The van der Waals surface area contributed by atoms with Crippen LogP contribution in [0.15, 0.2) is 23.9 Å². The number of nitrogens with zero attached hydrogens (tertiary/aromatic N) is 2. The molecule has 1 rings (SSSR count). The predicted molar refractivity (Wildman–Crippen MR) is 52.1 cm³/mol. The lowest BCUT2D eigenvalue weighted by Gasteiger charge is -1.96. The lowest BCUT2D eigenvalue weighted by atomic mass is 10.3. The van der Waals surface area contributed by atoms with Crippen LogP contribution < -0.4 is 5.73 Å². The second kappa shape index (κ2) is 4.41. The zero-order valence-corrected chi connectivity index (χ0v) is 8.17. The molecule has 0 saturated heterocycles. The van der Waals surface area contributed by atoms with Crippen LogP contribution in [0.3, 0.4) is 0 Å². The summed E-state index contributed by atoms with van der Waals surface area (Å²) >= 11 is 0. The molecule has 1 aromatic heterocycles. The van der Waals surface area contributed by atoms with Crippen LogP contribution in [0.25, 0.3) is 0 Å². The number of primary amides is 1. The number of amides is 1. The van der Waals surface area contributed by atoms with Crippen LogP contribution >= 0.6 is 0 Å². The molecule has 15 heavy (non-hydrogen) atoms. The van der Waals surface area contributed by atoms with Crippen LogP contribution in [-0.2, 0) is 11.3 Å². The van der Waals surface area contributed by atoms with Gasteiger partial charge in [0.15, 0.2) is 0 Å². The van der Waals surface area contributed by atoms with Crippen molar-refractivity contribution in [3.8, 4) is 0 Å². The molecule has 0 aromatic carbocycles. The van der Waals surface area contributed by atoms with Gasteiger partial charge in [0.25, 0.3) is 5.91 Å². The number of rotatable bonds is 4. The van der Waals surface area contributed by atoms with Crippen LogP contribution in [0.2, 0.25) is 0 Å². The highest BCUT2D eigenvalue weighted by atomic mass is 16.4. The SMILES string of the molecule is CC(=CCn1ccc(C(N)=O)n1)C(=O)O. The van der Waals surface area contributed by atoms with E-state index in [4.69, 9.17) is 10.8 Å². The smallest absolute Gasteiger partial charge is 0.331 e. The summed E-state index contributed by atoms with van der Waals surface area (Å²) in [7, 11) is 0. The lowest BCUT2D eigenvalue weighted by molar-refractivity contribution is -0.132. The van der Waals surface area contributed by atoms with Gasteiger partial charge < -0.3 is 10.8 Å². The van der Waals surface area contributed by atoms with Crippen molar-refractivity contribution in [2.45, 2.75) is 13.5 Å². The quantitative estimate of drug-likeness (QED) is 0.682. The molecule has 0 aliphatic heterocycles. The molecule has 0 atom stereocenters. The molecule has 0 aliphatic rings. The Morgan fingerprint density at radius 3 is 2.80 bits per heavy atom. The second-order valence-corrected chi connectivity index (χ2v) is 2.98. The monoisotopic (exact) mass is 209 g/mol. The molecule has 6 nitrogen and oxygen atoms in total. The predicted octanol–water partition coefficient (Wildman–Crippen LogP) is 0.0129. The first kappa shape index (κ1) is 11.0. The van der Waals surface area contributed by atoms with Crippen LogP contribution in [0.4, 0.5) is 0 Å². The third-order valence-corrected chi connectivity index (χ3v) is 1.81. The first-order valence-corrected chi connectivity index (χ1v) is 4.24. The van der Waals surface area contributed by atoms with Gasteiger partial charge in [0.1, 0.15) is 5.69 Å². The average Bonchev–Trinajstić information content (AvgIpc) is 2.62. The summed E-state index contributed by atoms with van der Waals surface area (Å²) < 4.78 is 1.44. The fraction of sp³-hybridized carbons (Fsp3) is 0.222. The first-order valence-electron chi connectivity index (χ1n) is 4.24. The summed E-state index contributed by atoms with van der Waals surface area (Å²) in [4.78, 5) is 21.2. The van der Waals surface area contributed by atoms with Crippen molar-refractivity contribution < 1.29 is 14.7 Å². The standard InChI is InChI=1S/C9H11N3O3/c1-6(9(14)15)2-4-12-5-3-7(11-12)8(10)13/h2-3,5H,4H2,1H3,(H2,10,13)(H,14,15). The van der Waals surface area contributed by atoms with Crippen molar-refractivity contribution >= 4 is 11.9 Å². The number of hydrogen-bond donors (Lipinski definition) is 2. The first-order chi connectivity index (χ1) is 7.00. The van der Waals surface area contributed by atoms with E-state index >= 15 is 0 Å². The number of carboxylic acid groups (broad SMARTS) is 1. The minimum atomic E-state index is -0.975. The molecule has 0 unspecified atom stereocenters. The maximum absolute atomic E-state index is 10.7. The van der Waals surface area contributed by atoms with Gasteiger partial charge in [0.2, 0.25) is 0 Å². The number of hydrogen-bond acceptors (Lipinski definition) is 3. The van der Waals surface area contributed by atoms with Crippen molar-refractivity contribution in [2.75, 3.05) is 0 Å². The van der Waals surface area contributed by atoms with E-state index in [-0.39, 0.29) is 11.3 Å². The highest BCUT2D eigenvalue weighted by Crippen LogP contribution is 1.97. The van der Waals surface area contributed by atoms with E-state index in [0.717, 1.165) is 0 Å². The Morgan fingerprint density at radius 1 is 1.67 bits per heavy atom. The molecule has 0 bridgehead atoms. The minimum Gasteiger partial charge on any atom is -0.478 e. The normalized spacial score (nSPS) is 11.4. The molecule has 3 N–H and O–H groups in total. The fourth-order valence-electron chi connectivity index (χ4n) is 0.913. The summed E-state index contributed by atoms with van der Waals surface area (Å²) in [6.45, 7) is 1.78. The molecule has 0 fully saturated rings. The highest BCUT2D eigenvalue weighted by molar-refractivity contribution is 5.90. The molecule has 80 valence electrons. The van der Waals surface area contributed by atoms with Crippen molar-refractivity contribution in [2.24, 2.45) is 5.73 Å². The number of allylic oxidation sites excluding steroid dienone is 1. The molecular weight excluding hydrogens is 198 g/mol. The maximum Gasteiger partial charge on any atom is 0.331 e. The summed E-state index contributed by atoms with van der Waals surface area (Å²) in [6.07, 6.45) is 3.06. The number of carbonyl (C=O) groups is 2. The zero-order chi connectivity index (χ0) is 11.4. The second-order valence-electron chi connectivity index (χ2n) is 2.98. The molecule has 6 heteroatoms. The van der Waals surface area contributed by atoms with E-state index in [0.29, 0.717) is 6.54 Å². The van der Waals surface area contributed by atoms with Gasteiger partial charge in [-0.25, -0.2) is 4.79 Å². The van der Waals surface area contributed by atoms with Gasteiger partial charge in [-0.15, -0.1) is 0 Å². The van der Waals surface area contributed by atoms with E-state index in [1.807, 2.05) is 0 Å². The Morgan fingerprint density at radius 2 is 2.33 bits per heavy atom. The van der Waals surface area contributed by atoms with Crippen molar-refractivity contribution in [1.29, 1.82) is 0 Å². The van der Waals surface area contributed by atoms with Crippen molar-refractivity contribution in [3.63, 3.8) is 0 Å². The molecule has 1 amide bonds. The number of aromatic nitrogens is 2. The molecular formula is C9H11N3O3. The van der Waals surface area contributed by atoms with E-state index in [1.54, 1.807) is 6.20 Å². The Bertz CT molecular complexity index is 420. The van der Waals surface area contributed by atoms with E-state index < -0.39 is 11.9 Å². The van der Waals surface area contributed by atoms with Gasteiger partial charge in [-0.2, -0.15) is 5.10 Å². The van der Waals surface area contributed by atoms with E-state index in [2.05, 4.69) is 5.10 Å². The van der Waals surface area contributed by atoms with Crippen LogP contribution in [0.1, 0.15) is 17.4 Å². The number of aliphatic carboxylic acids is 1. The Kier molecular flexibility index (Phi) is 3.22. The molecule has 0 saturated carbocycles. The van der Waals surface area contributed by atoms with E-state index in [9.17, 15) is 9.59 Å². The fourth-order valence-corrected chi connectivity index (χ4v) is 0.913. The Labute approximate surface area is 86.0 Å².